The summed E-state index contributed by atoms with van der Waals surface area (Å²) in [5.74, 6) is 0.432. The summed E-state index contributed by atoms with van der Waals surface area (Å²) in [4.78, 5) is 7.78. The van der Waals surface area contributed by atoms with Gasteiger partial charge in [0.2, 0.25) is 5.29 Å². The van der Waals surface area contributed by atoms with Crippen LogP contribution < -0.4 is 11.2 Å². The van der Waals surface area contributed by atoms with Crippen molar-refractivity contribution in [2.75, 3.05) is 0 Å². The number of hydrogen-bond donors (Lipinski definition) is 2. The molecular weight excluding hydrogens is 166 g/mol. The van der Waals surface area contributed by atoms with Gasteiger partial charge in [0, 0.05) is 6.21 Å². The van der Waals surface area contributed by atoms with Gasteiger partial charge in [-0.3, -0.25) is 5.43 Å². The van der Waals surface area contributed by atoms with Gasteiger partial charge in [0.25, 0.3) is 0 Å². The SMILES string of the molecule is NC1=NC(Cl)=NC2NN=CC12. The Morgan fingerprint density at radius 2 is 2.45 bits per heavy atom. The van der Waals surface area contributed by atoms with Gasteiger partial charge < -0.3 is 5.73 Å². The predicted octanol–water partition coefficient (Wildman–Crippen LogP) is -0.517. The van der Waals surface area contributed by atoms with Crippen LogP contribution in [0, 0.1) is 5.92 Å². The molecule has 58 valence electrons. The lowest BCUT2D eigenvalue weighted by atomic mass is 10.1. The van der Waals surface area contributed by atoms with Gasteiger partial charge in [-0.25, -0.2) is 9.98 Å². The number of amidine groups is 2. The summed E-state index contributed by atoms with van der Waals surface area (Å²) in [6.07, 6.45) is 1.52. The largest absolute Gasteiger partial charge is 0.386 e. The Morgan fingerprint density at radius 3 is 3.27 bits per heavy atom. The molecule has 0 aromatic carbocycles. The van der Waals surface area contributed by atoms with Crippen LogP contribution in [0.5, 0.6) is 0 Å². The molecule has 2 rings (SSSR count). The number of nitrogens with two attached hydrogens (primary N) is 1. The van der Waals surface area contributed by atoms with Gasteiger partial charge in [-0.2, -0.15) is 5.10 Å². The second-order valence-electron chi connectivity index (χ2n) is 2.31. The van der Waals surface area contributed by atoms with Crippen LogP contribution in [-0.2, 0) is 0 Å². The molecule has 3 N–H and O–H groups in total. The molecule has 0 aromatic heterocycles. The fourth-order valence-corrected chi connectivity index (χ4v) is 1.24. The number of hydrazone groups is 1. The Labute approximate surface area is 68.0 Å². The van der Waals surface area contributed by atoms with Crippen LogP contribution >= 0.6 is 11.6 Å². The second-order valence-corrected chi connectivity index (χ2v) is 2.65. The Kier molecular flexibility index (Phi) is 1.32. The highest BCUT2D eigenvalue weighted by Gasteiger charge is 2.30. The zero-order chi connectivity index (χ0) is 7.84. The molecule has 2 unspecified atom stereocenters. The number of aliphatic imine (C=N–C) groups is 2. The summed E-state index contributed by atoms with van der Waals surface area (Å²) in [5.41, 5.74) is 8.32. The third kappa shape index (κ3) is 0.970. The first-order valence-corrected chi connectivity index (χ1v) is 3.51. The maximum atomic E-state index is 5.57. The van der Waals surface area contributed by atoms with E-state index < -0.39 is 0 Å². The number of rotatable bonds is 0. The minimum atomic E-state index is -0.153. The molecule has 0 spiro atoms. The number of nitrogens with zero attached hydrogens (tertiary/aromatic N) is 3. The molecule has 2 aliphatic heterocycles. The van der Waals surface area contributed by atoms with Gasteiger partial charge in [0.15, 0.2) is 6.17 Å². The molecule has 0 fully saturated rings. The fraction of sp³-hybridized carbons (Fsp3) is 0.400. The minimum absolute atomic E-state index is 0.0301. The second kappa shape index (κ2) is 2.20. The van der Waals surface area contributed by atoms with Crippen molar-refractivity contribution in [3.05, 3.63) is 0 Å². The van der Waals surface area contributed by atoms with Crippen molar-refractivity contribution in [1.82, 2.24) is 5.43 Å². The van der Waals surface area contributed by atoms with E-state index in [1.165, 1.54) is 0 Å². The molecule has 6 heteroatoms. The third-order valence-electron chi connectivity index (χ3n) is 1.59. The van der Waals surface area contributed by atoms with Crippen molar-refractivity contribution in [2.45, 2.75) is 6.17 Å². The Morgan fingerprint density at radius 1 is 1.64 bits per heavy atom. The van der Waals surface area contributed by atoms with Gasteiger partial charge in [0.05, 0.1) is 5.92 Å². The standard InChI is InChI=1S/C5H6ClN5/c6-5-9-3(7)2-1-8-11-4(2)10-5/h1-2,4,11H,(H2,7,9,10). The van der Waals surface area contributed by atoms with E-state index in [0.717, 1.165) is 0 Å². The maximum absolute atomic E-state index is 5.57. The van der Waals surface area contributed by atoms with Crippen LogP contribution in [0.25, 0.3) is 0 Å². The summed E-state index contributed by atoms with van der Waals surface area (Å²) in [7, 11) is 0. The molecule has 0 bridgehead atoms. The minimum Gasteiger partial charge on any atom is -0.386 e. The molecule has 11 heavy (non-hydrogen) atoms. The van der Waals surface area contributed by atoms with E-state index in [9.17, 15) is 0 Å². The van der Waals surface area contributed by atoms with E-state index >= 15 is 0 Å². The summed E-state index contributed by atoms with van der Waals surface area (Å²) in [5, 5.41) is 3.99. The quantitative estimate of drug-likeness (QED) is 0.482. The van der Waals surface area contributed by atoms with Crippen molar-refractivity contribution in [3.8, 4) is 0 Å². The van der Waals surface area contributed by atoms with Crippen LogP contribution in [0.15, 0.2) is 15.1 Å². The first kappa shape index (κ1) is 6.60. The fourth-order valence-electron chi connectivity index (χ4n) is 1.03. The Balaban J connectivity index is 2.33. The zero-order valence-electron chi connectivity index (χ0n) is 5.53. The van der Waals surface area contributed by atoms with Crippen molar-refractivity contribution in [2.24, 2.45) is 26.7 Å². The average Bonchev–Trinajstić information content (AvgIpc) is 2.34. The first-order valence-electron chi connectivity index (χ1n) is 3.13. The van der Waals surface area contributed by atoms with Gasteiger partial charge in [-0.1, -0.05) is 0 Å². The van der Waals surface area contributed by atoms with Gasteiger partial charge in [0.1, 0.15) is 5.84 Å². The van der Waals surface area contributed by atoms with E-state index in [1.807, 2.05) is 0 Å². The van der Waals surface area contributed by atoms with Crippen molar-refractivity contribution in [1.29, 1.82) is 0 Å². The summed E-state index contributed by atoms with van der Waals surface area (Å²) in [6, 6.07) is 0. The molecular formula is C5H6ClN5. The van der Waals surface area contributed by atoms with Gasteiger partial charge >= 0.3 is 0 Å². The van der Waals surface area contributed by atoms with Gasteiger partial charge in [-0.15, -0.1) is 0 Å². The predicted molar refractivity (Wildman–Crippen MR) is 43.8 cm³/mol. The van der Waals surface area contributed by atoms with E-state index in [4.69, 9.17) is 17.3 Å². The highest BCUT2D eigenvalue weighted by molar-refractivity contribution is 6.65. The van der Waals surface area contributed by atoms with Crippen molar-refractivity contribution < 1.29 is 0 Å². The number of nitrogens with one attached hydrogen (secondary N) is 1. The Bertz CT molecular complexity index is 268. The van der Waals surface area contributed by atoms with Crippen molar-refractivity contribution >= 4 is 28.9 Å². The lowest BCUT2D eigenvalue weighted by Gasteiger charge is -2.16. The average molecular weight is 172 g/mol. The first-order chi connectivity index (χ1) is 5.27. The number of hydrogen-bond acceptors (Lipinski definition) is 5. The smallest absolute Gasteiger partial charge is 0.221 e. The topological polar surface area (TPSA) is 75.1 Å². The lowest BCUT2D eigenvalue weighted by Crippen LogP contribution is -2.39. The van der Waals surface area contributed by atoms with E-state index in [-0.39, 0.29) is 17.4 Å². The lowest BCUT2D eigenvalue weighted by molar-refractivity contribution is 0.561. The van der Waals surface area contributed by atoms with Crippen LogP contribution in [-0.4, -0.2) is 23.5 Å². The van der Waals surface area contributed by atoms with Crippen LogP contribution in [0.1, 0.15) is 0 Å². The molecule has 2 atom stereocenters. The molecule has 0 aromatic rings. The molecule has 2 heterocycles. The normalized spacial score (nSPS) is 33.9. The van der Waals surface area contributed by atoms with E-state index in [2.05, 4.69) is 20.5 Å². The highest BCUT2D eigenvalue weighted by atomic mass is 35.5. The van der Waals surface area contributed by atoms with E-state index in [0.29, 0.717) is 5.84 Å². The molecule has 0 amide bonds. The maximum Gasteiger partial charge on any atom is 0.221 e. The van der Waals surface area contributed by atoms with Crippen LogP contribution in [0.4, 0.5) is 0 Å². The Hall–Kier alpha value is -1.10. The van der Waals surface area contributed by atoms with Crippen LogP contribution in [0.2, 0.25) is 0 Å². The third-order valence-corrected chi connectivity index (χ3v) is 1.77. The summed E-state index contributed by atoms with van der Waals surface area (Å²) in [6.45, 7) is 0. The van der Waals surface area contributed by atoms with Crippen molar-refractivity contribution in [3.63, 3.8) is 0 Å². The summed E-state index contributed by atoms with van der Waals surface area (Å²) < 4.78 is 0. The molecule has 0 aliphatic carbocycles. The highest BCUT2D eigenvalue weighted by Crippen LogP contribution is 2.14. The van der Waals surface area contributed by atoms with Gasteiger partial charge in [-0.05, 0) is 11.6 Å². The summed E-state index contributed by atoms with van der Waals surface area (Å²) >= 11 is 5.57. The number of halogens is 1. The number of fused-ring (bicyclic) bond motifs is 1. The molecule has 5 nitrogen and oxygen atoms in total. The van der Waals surface area contributed by atoms with Crippen LogP contribution in [0.3, 0.4) is 0 Å². The molecule has 0 saturated carbocycles. The monoisotopic (exact) mass is 171 g/mol. The zero-order valence-corrected chi connectivity index (χ0v) is 6.28. The molecule has 0 saturated heterocycles. The molecule has 2 aliphatic rings. The molecule has 0 radical (unpaired) electrons. The van der Waals surface area contributed by atoms with E-state index in [1.54, 1.807) is 6.21 Å².